The second-order valence-electron chi connectivity index (χ2n) is 6.14. The molecule has 1 heterocycles. The fourth-order valence-corrected chi connectivity index (χ4v) is 2.73. The van der Waals surface area contributed by atoms with Gasteiger partial charge < -0.3 is 16.0 Å². The molecule has 4 heteroatoms. The van der Waals surface area contributed by atoms with Crippen molar-refractivity contribution in [1.29, 1.82) is 0 Å². The van der Waals surface area contributed by atoms with Crippen LogP contribution in [0, 0.1) is 0 Å². The van der Waals surface area contributed by atoms with Gasteiger partial charge in [0.15, 0.2) is 0 Å². The predicted octanol–water partition coefficient (Wildman–Crippen LogP) is 1.26. The van der Waals surface area contributed by atoms with Gasteiger partial charge in [0.25, 0.3) is 0 Å². The first kappa shape index (κ1) is 16.4. The Kier molecular flexibility index (Phi) is 6.64. The van der Waals surface area contributed by atoms with Gasteiger partial charge in [-0.25, -0.2) is 0 Å². The first-order chi connectivity index (χ1) is 10.2. The minimum absolute atomic E-state index is 0.214. The minimum Gasteiger partial charge on any atom is -0.327 e. The number of rotatable bonds is 7. The number of nitrogens with two attached hydrogens (primary N) is 1. The molecule has 1 saturated heterocycles. The molecule has 0 bridgehead atoms. The maximum absolute atomic E-state index is 5.73. The summed E-state index contributed by atoms with van der Waals surface area (Å²) in [6.07, 6.45) is 0. The zero-order chi connectivity index (χ0) is 15.1. The molecule has 0 radical (unpaired) electrons. The van der Waals surface area contributed by atoms with Crippen molar-refractivity contribution in [2.45, 2.75) is 33.0 Å². The minimum atomic E-state index is 0.214. The molecule has 2 rings (SSSR count). The summed E-state index contributed by atoms with van der Waals surface area (Å²) in [5.41, 5.74) is 8.47. The second-order valence-corrected chi connectivity index (χ2v) is 6.14. The Labute approximate surface area is 129 Å². The number of hydrogen-bond donors (Lipinski definition) is 2. The Balaban J connectivity index is 1.74. The van der Waals surface area contributed by atoms with E-state index < -0.39 is 0 Å². The summed E-state index contributed by atoms with van der Waals surface area (Å²) in [5.74, 6) is 0. The first-order valence-corrected chi connectivity index (χ1v) is 8.16. The number of nitrogens with zero attached hydrogens (tertiary/aromatic N) is 2. The molecule has 0 saturated carbocycles. The van der Waals surface area contributed by atoms with E-state index in [1.165, 1.54) is 43.9 Å². The SMILES string of the molecule is CCN1CCN(Cc2ccc(CNCC(C)N)cc2)CC1. The molecule has 118 valence electrons. The van der Waals surface area contributed by atoms with Gasteiger partial charge in [-0.3, -0.25) is 4.90 Å². The van der Waals surface area contributed by atoms with E-state index in [9.17, 15) is 0 Å². The second kappa shape index (κ2) is 8.49. The third kappa shape index (κ3) is 5.75. The van der Waals surface area contributed by atoms with Gasteiger partial charge in [0.2, 0.25) is 0 Å². The Morgan fingerprint density at radius 1 is 1.05 bits per heavy atom. The number of benzene rings is 1. The molecule has 0 amide bonds. The summed E-state index contributed by atoms with van der Waals surface area (Å²) in [7, 11) is 0. The van der Waals surface area contributed by atoms with E-state index in [0.717, 1.165) is 19.6 Å². The Morgan fingerprint density at radius 3 is 2.19 bits per heavy atom. The van der Waals surface area contributed by atoms with Crippen molar-refractivity contribution in [1.82, 2.24) is 15.1 Å². The van der Waals surface area contributed by atoms with Gasteiger partial charge in [-0.2, -0.15) is 0 Å². The van der Waals surface area contributed by atoms with Gasteiger partial charge in [0.05, 0.1) is 0 Å². The summed E-state index contributed by atoms with van der Waals surface area (Å²) in [4.78, 5) is 5.07. The lowest BCUT2D eigenvalue weighted by Crippen LogP contribution is -2.45. The van der Waals surface area contributed by atoms with Crippen LogP contribution in [0.5, 0.6) is 0 Å². The van der Waals surface area contributed by atoms with Crippen molar-refractivity contribution in [2.75, 3.05) is 39.3 Å². The van der Waals surface area contributed by atoms with Gasteiger partial charge in [-0.1, -0.05) is 31.2 Å². The Hall–Kier alpha value is -0.940. The first-order valence-electron chi connectivity index (χ1n) is 8.16. The lowest BCUT2D eigenvalue weighted by atomic mass is 10.1. The average Bonchev–Trinajstić information content (AvgIpc) is 2.49. The molecule has 0 spiro atoms. The summed E-state index contributed by atoms with van der Waals surface area (Å²) >= 11 is 0. The van der Waals surface area contributed by atoms with E-state index in [0.29, 0.717) is 0 Å². The molecule has 1 aliphatic rings. The van der Waals surface area contributed by atoms with E-state index in [1.807, 2.05) is 6.92 Å². The molecule has 0 aromatic heterocycles. The van der Waals surface area contributed by atoms with Crippen LogP contribution in [-0.4, -0.2) is 55.1 Å². The van der Waals surface area contributed by atoms with Crippen molar-refractivity contribution in [3.63, 3.8) is 0 Å². The molecule has 0 aliphatic carbocycles. The molecular weight excluding hydrogens is 260 g/mol. The largest absolute Gasteiger partial charge is 0.327 e. The van der Waals surface area contributed by atoms with Crippen molar-refractivity contribution in [3.05, 3.63) is 35.4 Å². The molecule has 1 aliphatic heterocycles. The van der Waals surface area contributed by atoms with Crippen molar-refractivity contribution >= 4 is 0 Å². The smallest absolute Gasteiger partial charge is 0.0234 e. The average molecular weight is 290 g/mol. The van der Waals surface area contributed by atoms with Crippen LogP contribution in [0.2, 0.25) is 0 Å². The third-order valence-electron chi connectivity index (χ3n) is 4.14. The molecule has 1 unspecified atom stereocenters. The zero-order valence-corrected chi connectivity index (χ0v) is 13.5. The van der Waals surface area contributed by atoms with Crippen LogP contribution in [0.1, 0.15) is 25.0 Å². The van der Waals surface area contributed by atoms with Crippen LogP contribution in [0.15, 0.2) is 24.3 Å². The van der Waals surface area contributed by atoms with Crippen LogP contribution in [-0.2, 0) is 13.1 Å². The summed E-state index contributed by atoms with van der Waals surface area (Å²) in [6.45, 7) is 13.1. The quantitative estimate of drug-likeness (QED) is 0.793. The monoisotopic (exact) mass is 290 g/mol. The maximum atomic E-state index is 5.73. The number of piperazine rings is 1. The van der Waals surface area contributed by atoms with Crippen LogP contribution in [0.4, 0.5) is 0 Å². The molecule has 21 heavy (non-hydrogen) atoms. The maximum Gasteiger partial charge on any atom is 0.0234 e. The van der Waals surface area contributed by atoms with Gasteiger partial charge in [-0.15, -0.1) is 0 Å². The van der Waals surface area contributed by atoms with Gasteiger partial charge in [-0.05, 0) is 24.6 Å². The summed E-state index contributed by atoms with van der Waals surface area (Å²) in [6, 6.07) is 9.19. The normalized spacial score (nSPS) is 18.8. The van der Waals surface area contributed by atoms with Crippen molar-refractivity contribution < 1.29 is 0 Å². The van der Waals surface area contributed by atoms with E-state index in [2.05, 4.69) is 46.3 Å². The summed E-state index contributed by atoms with van der Waals surface area (Å²) < 4.78 is 0. The number of nitrogens with one attached hydrogen (secondary N) is 1. The lowest BCUT2D eigenvalue weighted by Gasteiger charge is -2.34. The molecule has 1 aromatic rings. The van der Waals surface area contributed by atoms with Gasteiger partial charge in [0.1, 0.15) is 0 Å². The van der Waals surface area contributed by atoms with E-state index in [1.54, 1.807) is 0 Å². The molecule has 3 N–H and O–H groups in total. The van der Waals surface area contributed by atoms with Crippen molar-refractivity contribution in [2.24, 2.45) is 5.73 Å². The van der Waals surface area contributed by atoms with Gasteiger partial charge in [0, 0.05) is 51.9 Å². The van der Waals surface area contributed by atoms with Crippen LogP contribution < -0.4 is 11.1 Å². The van der Waals surface area contributed by atoms with Crippen LogP contribution >= 0.6 is 0 Å². The van der Waals surface area contributed by atoms with E-state index >= 15 is 0 Å². The highest BCUT2D eigenvalue weighted by Gasteiger charge is 2.15. The van der Waals surface area contributed by atoms with Crippen LogP contribution in [0.3, 0.4) is 0 Å². The zero-order valence-electron chi connectivity index (χ0n) is 13.5. The van der Waals surface area contributed by atoms with E-state index in [-0.39, 0.29) is 6.04 Å². The number of hydrogen-bond acceptors (Lipinski definition) is 4. The number of likely N-dealkylation sites (N-methyl/N-ethyl adjacent to an activating group) is 1. The lowest BCUT2D eigenvalue weighted by molar-refractivity contribution is 0.132. The topological polar surface area (TPSA) is 44.5 Å². The Morgan fingerprint density at radius 2 is 1.62 bits per heavy atom. The van der Waals surface area contributed by atoms with Gasteiger partial charge >= 0.3 is 0 Å². The fraction of sp³-hybridized carbons (Fsp3) is 0.647. The molecular formula is C17H30N4. The highest BCUT2D eigenvalue weighted by molar-refractivity contribution is 5.22. The molecule has 1 atom stereocenters. The highest BCUT2D eigenvalue weighted by atomic mass is 15.3. The summed E-state index contributed by atoms with van der Waals surface area (Å²) in [5, 5.41) is 3.37. The third-order valence-corrected chi connectivity index (χ3v) is 4.14. The highest BCUT2D eigenvalue weighted by Crippen LogP contribution is 2.10. The molecule has 1 fully saturated rings. The standard InChI is InChI=1S/C17H30N4/c1-3-20-8-10-21(11-9-20)14-17-6-4-16(5-7-17)13-19-12-15(2)18/h4-7,15,19H,3,8-14,18H2,1-2H3. The van der Waals surface area contributed by atoms with Crippen molar-refractivity contribution in [3.8, 4) is 0 Å². The van der Waals surface area contributed by atoms with E-state index in [4.69, 9.17) is 5.73 Å². The predicted molar refractivity (Wildman–Crippen MR) is 89.2 cm³/mol. The Bertz CT molecular complexity index is 394. The molecule has 4 nitrogen and oxygen atoms in total. The fourth-order valence-electron chi connectivity index (χ4n) is 2.73. The van der Waals surface area contributed by atoms with Crippen LogP contribution in [0.25, 0.3) is 0 Å². The molecule has 1 aromatic carbocycles.